The minimum atomic E-state index is -0.523. The molecule has 138 valence electrons. The number of anilines is 1. The van der Waals surface area contributed by atoms with Crippen molar-refractivity contribution in [2.45, 2.75) is 6.92 Å². The summed E-state index contributed by atoms with van der Waals surface area (Å²) in [5, 5.41) is 13.4. The summed E-state index contributed by atoms with van der Waals surface area (Å²) in [5.41, 5.74) is 0.465. The summed E-state index contributed by atoms with van der Waals surface area (Å²) in [7, 11) is 0. The Hall–Kier alpha value is -3.39. The number of hydrogen-bond donors (Lipinski definition) is 1. The maximum atomic E-state index is 12.4. The van der Waals surface area contributed by atoms with Crippen LogP contribution in [-0.2, 0) is 0 Å². The summed E-state index contributed by atoms with van der Waals surface area (Å²) in [6, 6.07) is 16.8. The molecule has 0 bridgehead atoms. The molecular weight excluding hydrogens is 368 g/mol. The minimum absolute atomic E-state index is 0.0842. The van der Waals surface area contributed by atoms with E-state index in [4.69, 9.17) is 9.47 Å². The normalized spacial score (nSPS) is 10.3. The number of ether oxygens (including phenoxy) is 2. The molecule has 1 amide bonds. The van der Waals surface area contributed by atoms with E-state index in [0.717, 1.165) is 17.1 Å². The molecule has 2 aromatic carbocycles. The first-order valence-electron chi connectivity index (χ1n) is 8.12. The molecule has 0 fully saturated rings. The molecule has 1 heterocycles. The van der Waals surface area contributed by atoms with Crippen molar-refractivity contribution in [3.63, 3.8) is 0 Å². The second kappa shape index (κ2) is 8.33. The number of nitrogens with one attached hydrogen (secondary N) is 1. The molecule has 3 aromatic rings. The zero-order chi connectivity index (χ0) is 19.2. The zero-order valence-electron chi connectivity index (χ0n) is 14.4. The van der Waals surface area contributed by atoms with Gasteiger partial charge in [0.15, 0.2) is 5.75 Å². The molecule has 0 aliphatic rings. The van der Waals surface area contributed by atoms with Crippen LogP contribution in [0.4, 0.5) is 10.7 Å². The van der Waals surface area contributed by atoms with E-state index in [9.17, 15) is 14.9 Å². The first kappa shape index (κ1) is 18.4. The van der Waals surface area contributed by atoms with E-state index < -0.39 is 10.8 Å². The Morgan fingerprint density at radius 2 is 1.78 bits per heavy atom. The number of amides is 1. The molecule has 0 atom stereocenters. The molecule has 0 spiro atoms. The Labute approximate surface area is 159 Å². The third-order valence-electron chi connectivity index (χ3n) is 3.49. The molecule has 7 nitrogen and oxygen atoms in total. The maximum Gasteiger partial charge on any atom is 0.324 e. The minimum Gasteiger partial charge on any atom is -0.494 e. The van der Waals surface area contributed by atoms with Crippen molar-refractivity contribution >= 4 is 27.9 Å². The lowest BCUT2D eigenvalue weighted by Crippen LogP contribution is -2.10. The van der Waals surface area contributed by atoms with Crippen LogP contribution in [0.3, 0.4) is 0 Å². The van der Waals surface area contributed by atoms with E-state index >= 15 is 0 Å². The van der Waals surface area contributed by atoms with Crippen molar-refractivity contribution in [1.29, 1.82) is 0 Å². The Morgan fingerprint density at radius 3 is 2.44 bits per heavy atom. The average molecular weight is 384 g/mol. The van der Waals surface area contributed by atoms with Crippen LogP contribution in [0, 0.1) is 10.1 Å². The highest BCUT2D eigenvalue weighted by atomic mass is 32.1. The number of carbonyl (C=O) groups is 1. The molecule has 0 aliphatic carbocycles. The molecule has 0 aliphatic heterocycles. The van der Waals surface area contributed by atoms with Gasteiger partial charge in [-0.25, -0.2) is 0 Å². The zero-order valence-corrected chi connectivity index (χ0v) is 15.2. The highest BCUT2D eigenvalue weighted by molar-refractivity contribution is 7.17. The van der Waals surface area contributed by atoms with Crippen LogP contribution in [0.25, 0.3) is 0 Å². The Balaban J connectivity index is 1.75. The Bertz CT molecular complexity index is 953. The quantitative estimate of drug-likeness (QED) is 0.452. The van der Waals surface area contributed by atoms with Crippen molar-refractivity contribution in [3.05, 3.63) is 75.7 Å². The summed E-state index contributed by atoms with van der Waals surface area (Å²) in [4.78, 5) is 22.9. The lowest BCUT2D eigenvalue weighted by atomic mass is 10.2. The third kappa shape index (κ3) is 4.62. The van der Waals surface area contributed by atoms with E-state index in [-0.39, 0.29) is 9.88 Å². The van der Waals surface area contributed by atoms with E-state index in [1.807, 2.05) is 6.92 Å². The number of rotatable bonds is 7. The molecule has 0 radical (unpaired) electrons. The number of benzene rings is 2. The predicted molar refractivity (Wildman–Crippen MR) is 103 cm³/mol. The lowest BCUT2D eigenvalue weighted by molar-refractivity contribution is -0.380. The van der Waals surface area contributed by atoms with Gasteiger partial charge in [-0.3, -0.25) is 14.9 Å². The molecule has 8 heteroatoms. The molecular formula is C19H16N2O5S. The van der Waals surface area contributed by atoms with E-state index in [1.54, 1.807) is 48.5 Å². The van der Waals surface area contributed by atoms with Gasteiger partial charge in [0.25, 0.3) is 5.91 Å². The van der Waals surface area contributed by atoms with Gasteiger partial charge < -0.3 is 14.8 Å². The van der Waals surface area contributed by atoms with Crippen LogP contribution in [0.5, 0.6) is 17.2 Å². The topological polar surface area (TPSA) is 90.7 Å². The average Bonchev–Trinajstić information content (AvgIpc) is 3.16. The monoisotopic (exact) mass is 384 g/mol. The molecule has 0 saturated heterocycles. The van der Waals surface area contributed by atoms with Crippen LogP contribution in [0.15, 0.2) is 60.7 Å². The number of nitrogens with zero attached hydrogens (tertiary/aromatic N) is 1. The van der Waals surface area contributed by atoms with E-state index in [2.05, 4.69) is 5.32 Å². The fourth-order valence-corrected chi connectivity index (χ4v) is 3.00. The first-order valence-corrected chi connectivity index (χ1v) is 8.94. The summed E-state index contributed by atoms with van der Waals surface area (Å²) in [6.07, 6.45) is 0. The van der Waals surface area contributed by atoms with Gasteiger partial charge in [0, 0.05) is 6.07 Å². The van der Waals surface area contributed by atoms with Crippen molar-refractivity contribution in [1.82, 2.24) is 0 Å². The SMILES string of the molecule is CCOc1ccc(Oc2ccccc2NC(=O)c2ccc([N+](=O)[O-])s2)cc1. The van der Waals surface area contributed by atoms with Crippen LogP contribution < -0.4 is 14.8 Å². The standard InChI is InChI=1S/C19H16N2O5S/c1-2-25-13-7-9-14(10-8-13)26-16-6-4-3-5-15(16)20-19(22)17-11-12-18(27-17)21(23)24/h3-12H,2H2,1H3,(H,20,22). The van der Waals surface area contributed by atoms with Crippen molar-refractivity contribution < 1.29 is 19.2 Å². The van der Waals surface area contributed by atoms with E-state index in [0.29, 0.717) is 23.8 Å². The van der Waals surface area contributed by atoms with Crippen LogP contribution >= 0.6 is 11.3 Å². The van der Waals surface area contributed by atoms with Gasteiger partial charge in [-0.1, -0.05) is 23.5 Å². The Kier molecular flexibility index (Phi) is 5.68. The predicted octanol–water partition coefficient (Wildman–Crippen LogP) is 5.10. The van der Waals surface area contributed by atoms with Crippen LogP contribution in [-0.4, -0.2) is 17.4 Å². The highest BCUT2D eigenvalue weighted by Crippen LogP contribution is 2.31. The lowest BCUT2D eigenvalue weighted by Gasteiger charge is -2.12. The van der Waals surface area contributed by atoms with Gasteiger partial charge in [0.2, 0.25) is 0 Å². The second-order valence-corrected chi connectivity index (χ2v) is 6.41. The van der Waals surface area contributed by atoms with Gasteiger partial charge in [-0.2, -0.15) is 0 Å². The highest BCUT2D eigenvalue weighted by Gasteiger charge is 2.16. The molecule has 1 aromatic heterocycles. The second-order valence-electron chi connectivity index (χ2n) is 5.35. The van der Waals surface area contributed by atoms with Crippen molar-refractivity contribution in [2.24, 2.45) is 0 Å². The number of thiophene rings is 1. The van der Waals surface area contributed by atoms with Gasteiger partial charge in [0.05, 0.1) is 22.1 Å². The third-order valence-corrected chi connectivity index (χ3v) is 4.53. The molecule has 27 heavy (non-hydrogen) atoms. The summed E-state index contributed by atoms with van der Waals surface area (Å²) in [6.45, 7) is 2.49. The summed E-state index contributed by atoms with van der Waals surface area (Å²) < 4.78 is 11.2. The van der Waals surface area contributed by atoms with Gasteiger partial charge in [-0.05, 0) is 49.4 Å². The van der Waals surface area contributed by atoms with Gasteiger partial charge in [0.1, 0.15) is 11.5 Å². The van der Waals surface area contributed by atoms with Gasteiger partial charge in [-0.15, -0.1) is 0 Å². The smallest absolute Gasteiger partial charge is 0.324 e. The number of hydrogen-bond acceptors (Lipinski definition) is 6. The van der Waals surface area contributed by atoms with Gasteiger partial charge >= 0.3 is 5.00 Å². The maximum absolute atomic E-state index is 12.4. The van der Waals surface area contributed by atoms with Crippen molar-refractivity contribution in [2.75, 3.05) is 11.9 Å². The van der Waals surface area contributed by atoms with E-state index in [1.165, 1.54) is 12.1 Å². The van der Waals surface area contributed by atoms with Crippen LogP contribution in [0.1, 0.15) is 16.6 Å². The van der Waals surface area contributed by atoms with Crippen molar-refractivity contribution in [3.8, 4) is 17.2 Å². The number of para-hydroxylation sites is 2. The molecule has 3 rings (SSSR count). The molecule has 0 unspecified atom stereocenters. The summed E-state index contributed by atoms with van der Waals surface area (Å²) >= 11 is 0.819. The Morgan fingerprint density at radius 1 is 1.07 bits per heavy atom. The number of nitro groups is 1. The first-order chi connectivity index (χ1) is 13.1. The number of carbonyl (C=O) groups excluding carboxylic acids is 1. The molecule has 1 N–H and O–H groups in total. The largest absolute Gasteiger partial charge is 0.494 e. The fraction of sp³-hybridized carbons (Fsp3) is 0.105. The fourth-order valence-electron chi connectivity index (χ4n) is 2.29. The molecule has 0 saturated carbocycles. The van der Waals surface area contributed by atoms with Crippen LogP contribution in [0.2, 0.25) is 0 Å². The summed E-state index contributed by atoms with van der Waals surface area (Å²) in [5.74, 6) is 1.36.